The van der Waals surface area contributed by atoms with E-state index in [1.807, 2.05) is 28.8 Å². The van der Waals surface area contributed by atoms with Crippen LogP contribution in [0.15, 0.2) is 47.5 Å². The number of para-hydroxylation sites is 2. The van der Waals surface area contributed by atoms with Gasteiger partial charge in [-0.25, -0.2) is 9.98 Å². The van der Waals surface area contributed by atoms with E-state index in [1.165, 1.54) is 12.1 Å². The monoisotopic (exact) mass is 295 g/mol. The Morgan fingerprint density at radius 1 is 1.14 bits per heavy atom. The summed E-state index contributed by atoms with van der Waals surface area (Å²) in [6.07, 6.45) is -0.552. The van der Waals surface area contributed by atoms with Gasteiger partial charge >= 0.3 is 0 Å². The predicted molar refractivity (Wildman–Crippen MR) is 82.9 cm³/mol. The minimum absolute atomic E-state index is 0.0113. The van der Waals surface area contributed by atoms with E-state index < -0.39 is 6.17 Å². The van der Waals surface area contributed by atoms with Gasteiger partial charge in [-0.2, -0.15) is 0 Å². The van der Waals surface area contributed by atoms with Crippen molar-refractivity contribution in [1.29, 1.82) is 0 Å². The number of aromatic nitrogens is 2. The third kappa shape index (κ3) is 1.76. The normalized spacial score (nSPS) is 16.9. The SMILES string of the molecule is NC1=N[C@@H](c2ccc(O)cc2O)n2c(nc3ccccc32)N1. The first-order valence-electron chi connectivity index (χ1n) is 6.72. The fourth-order valence-corrected chi connectivity index (χ4v) is 2.68. The fourth-order valence-electron chi connectivity index (χ4n) is 2.68. The maximum absolute atomic E-state index is 10.1. The number of hydrogen-bond donors (Lipinski definition) is 4. The summed E-state index contributed by atoms with van der Waals surface area (Å²) in [7, 11) is 0. The van der Waals surface area contributed by atoms with Crippen LogP contribution in [-0.4, -0.2) is 25.7 Å². The molecule has 0 aliphatic carbocycles. The smallest absolute Gasteiger partial charge is 0.212 e. The maximum atomic E-state index is 10.1. The number of hydrogen-bond acceptors (Lipinski definition) is 6. The lowest BCUT2D eigenvalue weighted by atomic mass is 10.1. The van der Waals surface area contributed by atoms with Gasteiger partial charge in [-0.05, 0) is 24.3 Å². The zero-order valence-corrected chi connectivity index (χ0v) is 11.4. The molecule has 110 valence electrons. The van der Waals surface area contributed by atoms with Crippen molar-refractivity contribution >= 4 is 22.9 Å². The van der Waals surface area contributed by atoms with Gasteiger partial charge in [0, 0.05) is 11.6 Å². The van der Waals surface area contributed by atoms with E-state index in [2.05, 4.69) is 15.3 Å². The third-order valence-corrected chi connectivity index (χ3v) is 3.63. The second kappa shape index (κ2) is 4.39. The number of rotatable bonds is 1. The minimum atomic E-state index is -0.552. The van der Waals surface area contributed by atoms with Gasteiger partial charge in [0.2, 0.25) is 5.95 Å². The second-order valence-electron chi connectivity index (χ2n) is 5.05. The predicted octanol–water partition coefficient (Wildman–Crippen LogP) is 1.73. The second-order valence-corrected chi connectivity index (χ2v) is 5.05. The first-order valence-corrected chi connectivity index (χ1v) is 6.72. The highest BCUT2D eigenvalue weighted by Gasteiger charge is 2.26. The molecule has 1 aliphatic heterocycles. The summed E-state index contributed by atoms with van der Waals surface area (Å²) < 4.78 is 1.86. The molecule has 5 N–H and O–H groups in total. The maximum Gasteiger partial charge on any atom is 0.212 e. The van der Waals surface area contributed by atoms with Crippen LogP contribution in [0.1, 0.15) is 11.7 Å². The zero-order valence-electron chi connectivity index (χ0n) is 11.4. The van der Waals surface area contributed by atoms with E-state index in [-0.39, 0.29) is 17.5 Å². The highest BCUT2D eigenvalue weighted by Crippen LogP contribution is 2.36. The van der Waals surface area contributed by atoms with Crippen molar-refractivity contribution < 1.29 is 10.2 Å². The average molecular weight is 295 g/mol. The van der Waals surface area contributed by atoms with Crippen molar-refractivity contribution in [2.24, 2.45) is 10.7 Å². The molecule has 7 heteroatoms. The van der Waals surface area contributed by atoms with Crippen LogP contribution in [0.2, 0.25) is 0 Å². The van der Waals surface area contributed by atoms with Crippen molar-refractivity contribution in [2.45, 2.75) is 6.17 Å². The Morgan fingerprint density at radius 2 is 1.95 bits per heavy atom. The van der Waals surface area contributed by atoms with Gasteiger partial charge in [0.15, 0.2) is 12.1 Å². The van der Waals surface area contributed by atoms with Crippen molar-refractivity contribution in [3.63, 3.8) is 0 Å². The number of phenols is 2. The molecule has 1 aromatic heterocycles. The number of guanidine groups is 1. The van der Waals surface area contributed by atoms with E-state index in [1.54, 1.807) is 6.07 Å². The van der Waals surface area contributed by atoms with Crippen LogP contribution in [0, 0.1) is 0 Å². The lowest BCUT2D eigenvalue weighted by molar-refractivity contribution is 0.438. The van der Waals surface area contributed by atoms with Crippen molar-refractivity contribution in [1.82, 2.24) is 9.55 Å². The molecular formula is C15H13N5O2. The Morgan fingerprint density at radius 3 is 2.77 bits per heavy atom. The van der Waals surface area contributed by atoms with Crippen LogP contribution in [0.4, 0.5) is 5.95 Å². The summed E-state index contributed by atoms with van der Waals surface area (Å²) in [5.41, 5.74) is 8.05. The molecule has 7 nitrogen and oxygen atoms in total. The zero-order chi connectivity index (χ0) is 15.3. The number of nitrogens with two attached hydrogens (primary N) is 1. The molecule has 22 heavy (non-hydrogen) atoms. The van der Waals surface area contributed by atoms with Crippen molar-refractivity contribution in [2.75, 3.05) is 5.32 Å². The van der Waals surface area contributed by atoms with Gasteiger partial charge in [-0.3, -0.25) is 9.88 Å². The van der Waals surface area contributed by atoms with E-state index >= 15 is 0 Å². The van der Waals surface area contributed by atoms with E-state index in [4.69, 9.17) is 5.73 Å². The molecule has 1 aliphatic rings. The van der Waals surface area contributed by atoms with E-state index in [0.29, 0.717) is 11.5 Å². The summed E-state index contributed by atoms with van der Waals surface area (Å²) >= 11 is 0. The van der Waals surface area contributed by atoms with Gasteiger partial charge in [-0.1, -0.05) is 12.1 Å². The standard InChI is InChI=1S/C15H13N5O2/c16-14-18-13(9-6-5-8(21)7-12(9)22)20-11-4-2-1-3-10(11)17-15(20)19-14/h1-7,13,21-22H,(H3,16,17,18,19)/t13-/m1/s1. The van der Waals surface area contributed by atoms with Crippen LogP contribution >= 0.6 is 0 Å². The molecule has 0 amide bonds. The van der Waals surface area contributed by atoms with E-state index in [9.17, 15) is 10.2 Å². The highest BCUT2D eigenvalue weighted by atomic mass is 16.3. The van der Waals surface area contributed by atoms with E-state index in [0.717, 1.165) is 11.0 Å². The molecular weight excluding hydrogens is 282 g/mol. The number of fused-ring (bicyclic) bond motifs is 3. The topological polar surface area (TPSA) is 109 Å². The first kappa shape index (κ1) is 12.5. The van der Waals surface area contributed by atoms with Gasteiger partial charge < -0.3 is 15.9 Å². The van der Waals surface area contributed by atoms with Gasteiger partial charge in [0.05, 0.1) is 11.0 Å². The number of nitrogens with zero attached hydrogens (tertiary/aromatic N) is 3. The Kier molecular flexibility index (Phi) is 2.50. The Hall–Kier alpha value is -3.22. The lowest BCUT2D eigenvalue weighted by Crippen LogP contribution is -2.31. The van der Waals surface area contributed by atoms with Crippen LogP contribution in [-0.2, 0) is 0 Å². The van der Waals surface area contributed by atoms with Crippen LogP contribution in [0.3, 0.4) is 0 Å². The average Bonchev–Trinajstić information content (AvgIpc) is 2.84. The van der Waals surface area contributed by atoms with Crippen molar-refractivity contribution in [3.8, 4) is 11.5 Å². The molecule has 2 heterocycles. The number of benzene rings is 2. The molecule has 0 radical (unpaired) electrons. The lowest BCUT2D eigenvalue weighted by Gasteiger charge is -2.24. The number of anilines is 1. The van der Waals surface area contributed by atoms with Crippen LogP contribution in [0.25, 0.3) is 11.0 Å². The molecule has 3 aromatic rings. The number of phenolic OH excluding ortho intramolecular Hbond substituents is 2. The molecule has 4 rings (SSSR count). The van der Waals surface area contributed by atoms with Gasteiger partial charge in [-0.15, -0.1) is 0 Å². The Bertz CT molecular complexity index is 915. The molecule has 0 fully saturated rings. The number of aliphatic imine (C=N–C) groups is 1. The number of imidazole rings is 1. The fraction of sp³-hybridized carbons (Fsp3) is 0.0667. The van der Waals surface area contributed by atoms with Crippen molar-refractivity contribution in [3.05, 3.63) is 48.0 Å². The molecule has 2 aromatic carbocycles. The quantitative estimate of drug-likeness (QED) is 0.547. The summed E-state index contributed by atoms with van der Waals surface area (Å²) in [6.45, 7) is 0. The van der Waals surface area contributed by atoms with Crippen LogP contribution in [0.5, 0.6) is 11.5 Å². The molecule has 0 saturated heterocycles. The molecule has 0 unspecified atom stereocenters. The Labute approximate surface area is 125 Å². The van der Waals surface area contributed by atoms with Gasteiger partial charge in [0.25, 0.3) is 0 Å². The molecule has 1 atom stereocenters. The molecule has 0 bridgehead atoms. The summed E-state index contributed by atoms with van der Waals surface area (Å²) in [6, 6.07) is 12.0. The third-order valence-electron chi connectivity index (χ3n) is 3.63. The minimum Gasteiger partial charge on any atom is -0.508 e. The molecule has 0 spiro atoms. The summed E-state index contributed by atoms with van der Waals surface area (Å²) in [4.78, 5) is 8.86. The summed E-state index contributed by atoms with van der Waals surface area (Å²) in [5, 5.41) is 22.5. The number of aromatic hydroxyl groups is 2. The number of nitrogens with one attached hydrogen (secondary N) is 1. The summed E-state index contributed by atoms with van der Waals surface area (Å²) in [5.74, 6) is 0.724. The van der Waals surface area contributed by atoms with Gasteiger partial charge in [0.1, 0.15) is 11.5 Å². The highest BCUT2D eigenvalue weighted by molar-refractivity contribution is 5.94. The molecule has 0 saturated carbocycles. The first-order chi connectivity index (χ1) is 10.6. The largest absolute Gasteiger partial charge is 0.508 e. The Balaban J connectivity index is 1.98. The van der Waals surface area contributed by atoms with Crippen LogP contribution < -0.4 is 11.1 Å².